The molecule has 0 aliphatic heterocycles. The average molecular weight is 299 g/mol. The smallest absolute Gasteiger partial charge is 0.251 e. The Labute approximate surface area is 129 Å². The van der Waals surface area contributed by atoms with Crippen molar-refractivity contribution in [3.8, 4) is 0 Å². The molecule has 1 heterocycles. The molecule has 0 radical (unpaired) electrons. The highest BCUT2D eigenvalue weighted by Crippen LogP contribution is 2.19. The van der Waals surface area contributed by atoms with Crippen LogP contribution in [-0.4, -0.2) is 10.5 Å². The maximum Gasteiger partial charge on any atom is 0.251 e. The lowest BCUT2D eigenvalue weighted by molar-refractivity contribution is -0.123. The van der Waals surface area contributed by atoms with E-state index in [2.05, 4.69) is 5.32 Å². The van der Waals surface area contributed by atoms with Gasteiger partial charge < -0.3 is 11.1 Å². The number of nitrogens with zero attached hydrogens (tertiary/aromatic N) is 1. The molecule has 1 amide bonds. The van der Waals surface area contributed by atoms with Crippen LogP contribution < -0.4 is 16.6 Å². The van der Waals surface area contributed by atoms with Crippen LogP contribution in [0.3, 0.4) is 0 Å². The van der Waals surface area contributed by atoms with Gasteiger partial charge in [-0.25, -0.2) is 0 Å². The number of hydrogen-bond donors (Lipinski definition) is 2. The number of nitrogens with two attached hydrogens (primary N) is 1. The molecule has 0 fully saturated rings. The summed E-state index contributed by atoms with van der Waals surface area (Å²) in [4.78, 5) is 24.7. The third-order valence-corrected chi connectivity index (χ3v) is 3.71. The number of carbonyl (C=O) groups excluding carboxylic acids is 1. The Morgan fingerprint density at radius 2 is 1.82 bits per heavy atom. The van der Waals surface area contributed by atoms with Gasteiger partial charge in [-0.2, -0.15) is 0 Å². The van der Waals surface area contributed by atoms with Crippen LogP contribution >= 0.6 is 0 Å². The lowest BCUT2D eigenvalue weighted by atomic mass is 10.0. The lowest BCUT2D eigenvalue weighted by Crippen LogP contribution is -2.46. The van der Waals surface area contributed by atoms with E-state index < -0.39 is 5.54 Å². The van der Waals surface area contributed by atoms with E-state index in [1.807, 2.05) is 25.1 Å². The molecular weight excluding hydrogens is 278 g/mol. The van der Waals surface area contributed by atoms with Crippen LogP contribution in [0.1, 0.15) is 25.1 Å². The van der Waals surface area contributed by atoms with Gasteiger partial charge in [-0.3, -0.25) is 14.2 Å². The zero-order valence-corrected chi connectivity index (χ0v) is 13.1. The SMILES string of the molecule is Cc1cccc(=O)n1C(C)(C)C(=O)Nc1ccc(CN)cc1. The van der Waals surface area contributed by atoms with Crippen LogP contribution in [-0.2, 0) is 16.9 Å². The topological polar surface area (TPSA) is 77.1 Å². The average Bonchev–Trinajstić information content (AvgIpc) is 2.47. The highest BCUT2D eigenvalue weighted by Gasteiger charge is 2.31. The van der Waals surface area contributed by atoms with E-state index in [0.717, 1.165) is 11.3 Å². The Morgan fingerprint density at radius 1 is 1.18 bits per heavy atom. The molecule has 5 nitrogen and oxygen atoms in total. The van der Waals surface area contributed by atoms with Crippen molar-refractivity contribution in [2.45, 2.75) is 32.9 Å². The van der Waals surface area contributed by atoms with E-state index in [9.17, 15) is 9.59 Å². The quantitative estimate of drug-likeness (QED) is 0.906. The molecule has 0 atom stereocenters. The number of anilines is 1. The zero-order valence-electron chi connectivity index (χ0n) is 13.1. The molecule has 22 heavy (non-hydrogen) atoms. The highest BCUT2D eigenvalue weighted by atomic mass is 16.2. The third kappa shape index (κ3) is 3.09. The Morgan fingerprint density at radius 3 is 2.36 bits per heavy atom. The van der Waals surface area contributed by atoms with Crippen LogP contribution in [0.15, 0.2) is 47.3 Å². The standard InChI is InChI=1S/C17H21N3O2/c1-12-5-4-6-15(21)20(12)17(2,3)16(22)19-14-9-7-13(11-18)8-10-14/h4-10H,11,18H2,1-3H3,(H,19,22). The Kier molecular flexibility index (Phi) is 4.47. The first kappa shape index (κ1) is 16.0. The number of benzene rings is 1. The molecule has 2 rings (SSSR count). The molecule has 2 aromatic rings. The number of pyridine rings is 1. The largest absolute Gasteiger partial charge is 0.326 e. The molecular formula is C17H21N3O2. The first-order chi connectivity index (χ1) is 10.4. The van der Waals surface area contributed by atoms with E-state index in [-0.39, 0.29) is 11.5 Å². The summed E-state index contributed by atoms with van der Waals surface area (Å²) in [5.74, 6) is -0.246. The van der Waals surface area contributed by atoms with Crippen LogP contribution in [0.5, 0.6) is 0 Å². The minimum atomic E-state index is -0.991. The fourth-order valence-corrected chi connectivity index (χ4v) is 2.42. The molecule has 0 saturated heterocycles. The zero-order chi connectivity index (χ0) is 16.3. The van der Waals surface area contributed by atoms with Crippen molar-refractivity contribution >= 4 is 11.6 Å². The Balaban J connectivity index is 2.28. The van der Waals surface area contributed by atoms with Gasteiger partial charge in [-0.15, -0.1) is 0 Å². The second kappa shape index (κ2) is 6.15. The van der Waals surface area contributed by atoms with Gasteiger partial charge in [0.25, 0.3) is 5.56 Å². The third-order valence-electron chi connectivity index (χ3n) is 3.71. The molecule has 1 aromatic heterocycles. The van der Waals surface area contributed by atoms with Crippen LogP contribution in [0.4, 0.5) is 5.69 Å². The number of nitrogens with one attached hydrogen (secondary N) is 1. The van der Waals surface area contributed by atoms with Crippen molar-refractivity contribution in [3.05, 3.63) is 64.1 Å². The van der Waals surface area contributed by atoms with E-state index >= 15 is 0 Å². The minimum absolute atomic E-state index is 0.196. The summed E-state index contributed by atoms with van der Waals surface area (Å²) in [6.07, 6.45) is 0. The number of aryl methyl sites for hydroxylation is 1. The van der Waals surface area contributed by atoms with Gasteiger partial charge in [-0.05, 0) is 44.5 Å². The van der Waals surface area contributed by atoms with Crippen LogP contribution in [0.25, 0.3) is 0 Å². The molecule has 116 valence electrons. The molecule has 3 N–H and O–H groups in total. The summed E-state index contributed by atoms with van der Waals surface area (Å²) >= 11 is 0. The second-order valence-electron chi connectivity index (χ2n) is 5.76. The van der Waals surface area contributed by atoms with Gasteiger partial charge in [0, 0.05) is 24.0 Å². The monoisotopic (exact) mass is 299 g/mol. The summed E-state index contributed by atoms with van der Waals surface area (Å²) < 4.78 is 1.50. The van der Waals surface area contributed by atoms with Crippen LogP contribution in [0, 0.1) is 6.92 Å². The maximum absolute atomic E-state index is 12.6. The van der Waals surface area contributed by atoms with Crippen molar-refractivity contribution in [1.82, 2.24) is 4.57 Å². The van der Waals surface area contributed by atoms with Gasteiger partial charge >= 0.3 is 0 Å². The molecule has 0 saturated carbocycles. The second-order valence-corrected chi connectivity index (χ2v) is 5.76. The minimum Gasteiger partial charge on any atom is -0.326 e. The van der Waals surface area contributed by atoms with Gasteiger partial charge in [-0.1, -0.05) is 18.2 Å². The van der Waals surface area contributed by atoms with Crippen molar-refractivity contribution in [3.63, 3.8) is 0 Å². The predicted octanol–water partition coefficient (Wildman–Crippen LogP) is 1.99. The number of hydrogen-bond acceptors (Lipinski definition) is 3. The number of carbonyl (C=O) groups is 1. The van der Waals surface area contributed by atoms with E-state index in [1.54, 1.807) is 32.0 Å². The van der Waals surface area contributed by atoms with E-state index in [0.29, 0.717) is 12.2 Å². The number of rotatable bonds is 4. The van der Waals surface area contributed by atoms with Crippen molar-refractivity contribution < 1.29 is 4.79 Å². The Hall–Kier alpha value is -2.40. The van der Waals surface area contributed by atoms with E-state index in [4.69, 9.17) is 5.73 Å². The first-order valence-corrected chi connectivity index (χ1v) is 7.16. The van der Waals surface area contributed by atoms with Gasteiger partial charge in [0.05, 0.1) is 0 Å². The molecule has 0 aliphatic rings. The van der Waals surface area contributed by atoms with Crippen molar-refractivity contribution in [2.24, 2.45) is 5.73 Å². The molecule has 0 unspecified atom stereocenters. The Bertz CT molecular complexity index is 730. The molecule has 0 spiro atoms. The first-order valence-electron chi connectivity index (χ1n) is 7.16. The normalized spacial score (nSPS) is 11.3. The summed E-state index contributed by atoms with van der Waals surface area (Å²) in [7, 11) is 0. The fourth-order valence-electron chi connectivity index (χ4n) is 2.42. The van der Waals surface area contributed by atoms with E-state index in [1.165, 1.54) is 10.6 Å². The van der Waals surface area contributed by atoms with Gasteiger partial charge in [0.15, 0.2) is 0 Å². The van der Waals surface area contributed by atoms with Crippen molar-refractivity contribution in [1.29, 1.82) is 0 Å². The number of amides is 1. The predicted molar refractivity (Wildman–Crippen MR) is 87.7 cm³/mol. The van der Waals surface area contributed by atoms with Crippen molar-refractivity contribution in [2.75, 3.05) is 5.32 Å². The summed E-state index contributed by atoms with van der Waals surface area (Å²) in [6, 6.07) is 12.3. The summed E-state index contributed by atoms with van der Waals surface area (Å²) in [5, 5.41) is 2.85. The highest BCUT2D eigenvalue weighted by molar-refractivity contribution is 5.96. The molecule has 5 heteroatoms. The molecule has 0 bridgehead atoms. The fraction of sp³-hybridized carbons (Fsp3) is 0.294. The van der Waals surface area contributed by atoms with Gasteiger partial charge in [0.1, 0.15) is 5.54 Å². The lowest BCUT2D eigenvalue weighted by Gasteiger charge is -2.28. The number of aromatic nitrogens is 1. The molecule has 0 aliphatic carbocycles. The summed E-state index contributed by atoms with van der Waals surface area (Å²) in [6.45, 7) is 5.72. The maximum atomic E-state index is 12.6. The van der Waals surface area contributed by atoms with Crippen LogP contribution in [0.2, 0.25) is 0 Å². The molecule has 1 aromatic carbocycles. The summed E-state index contributed by atoms with van der Waals surface area (Å²) in [5.41, 5.74) is 6.78. The van der Waals surface area contributed by atoms with Gasteiger partial charge in [0.2, 0.25) is 5.91 Å².